The molecule has 0 radical (unpaired) electrons. The number of carbonyl (C=O) groups is 1. The maximum Gasteiger partial charge on any atom is 0.259 e. The summed E-state index contributed by atoms with van der Waals surface area (Å²) >= 11 is 0. The van der Waals surface area contributed by atoms with Gasteiger partial charge in [-0.1, -0.05) is 19.9 Å². The van der Waals surface area contributed by atoms with Crippen molar-refractivity contribution in [3.05, 3.63) is 58.5 Å². The van der Waals surface area contributed by atoms with Crippen molar-refractivity contribution in [2.75, 3.05) is 18.9 Å². The number of nitrogens with one attached hydrogen (secondary N) is 1. The van der Waals surface area contributed by atoms with E-state index < -0.39 is 11.7 Å². The molecule has 0 aliphatic carbocycles. The van der Waals surface area contributed by atoms with Crippen LogP contribution in [0.15, 0.2) is 40.5 Å². The molecular formula is C23H28FN5O. The van der Waals surface area contributed by atoms with Gasteiger partial charge in [0.25, 0.3) is 5.91 Å². The van der Waals surface area contributed by atoms with Crippen LogP contribution in [0.25, 0.3) is 0 Å². The van der Waals surface area contributed by atoms with Gasteiger partial charge in [0.05, 0.1) is 17.5 Å². The number of carbonyl (C=O) groups excluding carboxylic acids is 1. The molecule has 1 aromatic carbocycles. The molecule has 2 aromatic rings. The number of pyridine rings is 1. The predicted molar refractivity (Wildman–Crippen MR) is 119 cm³/mol. The average molecular weight is 410 g/mol. The fourth-order valence-corrected chi connectivity index (χ4v) is 3.28. The number of likely N-dealkylation sites (N-methyl/N-ethyl adjacent to an activating group) is 1. The Morgan fingerprint density at radius 2 is 2.13 bits per heavy atom. The summed E-state index contributed by atoms with van der Waals surface area (Å²) in [7, 11) is 2.01. The minimum atomic E-state index is -0.517. The fraction of sp³-hybridized carbons (Fsp3) is 0.391. The van der Waals surface area contributed by atoms with Gasteiger partial charge in [-0.25, -0.2) is 9.37 Å². The number of aromatic nitrogens is 1. The van der Waals surface area contributed by atoms with E-state index in [0.717, 1.165) is 36.9 Å². The Morgan fingerprint density at radius 3 is 2.93 bits per heavy atom. The van der Waals surface area contributed by atoms with Crippen LogP contribution >= 0.6 is 0 Å². The Bertz CT molecular complexity index is 955. The van der Waals surface area contributed by atoms with Crippen LogP contribution in [0.4, 0.5) is 10.2 Å². The Hall–Kier alpha value is -2.93. The molecular weight excluding hydrogens is 381 g/mol. The lowest BCUT2D eigenvalue weighted by atomic mass is 9.97. The van der Waals surface area contributed by atoms with Gasteiger partial charge in [0.15, 0.2) is 0 Å². The SMILES string of the molecule is CC(C)CC/C=N/N=C/c1cccc(NC(=O)c2cc3c(cc2F)CCN(C)C3)n1. The Labute approximate surface area is 176 Å². The minimum Gasteiger partial charge on any atom is -0.306 e. The number of benzene rings is 1. The highest BCUT2D eigenvalue weighted by Crippen LogP contribution is 2.22. The van der Waals surface area contributed by atoms with Gasteiger partial charge in [-0.15, -0.1) is 0 Å². The molecule has 7 heteroatoms. The fourth-order valence-electron chi connectivity index (χ4n) is 3.28. The van der Waals surface area contributed by atoms with E-state index in [2.05, 4.69) is 39.3 Å². The molecule has 30 heavy (non-hydrogen) atoms. The summed E-state index contributed by atoms with van der Waals surface area (Å²) in [6.07, 6.45) is 6.03. The maximum atomic E-state index is 14.5. The van der Waals surface area contributed by atoms with Crippen molar-refractivity contribution in [2.24, 2.45) is 16.1 Å². The van der Waals surface area contributed by atoms with Gasteiger partial charge in [0.2, 0.25) is 0 Å². The van der Waals surface area contributed by atoms with Crippen molar-refractivity contribution in [2.45, 2.75) is 39.7 Å². The average Bonchev–Trinajstić information content (AvgIpc) is 2.70. The van der Waals surface area contributed by atoms with Crippen molar-refractivity contribution in [1.82, 2.24) is 9.88 Å². The van der Waals surface area contributed by atoms with E-state index in [4.69, 9.17) is 0 Å². The van der Waals surface area contributed by atoms with Crippen LogP contribution in [0.2, 0.25) is 0 Å². The monoisotopic (exact) mass is 409 g/mol. The summed E-state index contributed by atoms with van der Waals surface area (Å²) in [5, 5.41) is 10.7. The summed E-state index contributed by atoms with van der Waals surface area (Å²) in [6.45, 7) is 5.92. The quantitative estimate of drug-likeness (QED) is 0.547. The molecule has 1 aliphatic heterocycles. The van der Waals surface area contributed by atoms with Gasteiger partial charge in [-0.05, 0) is 67.6 Å². The van der Waals surface area contributed by atoms with Crippen molar-refractivity contribution < 1.29 is 9.18 Å². The van der Waals surface area contributed by atoms with Crippen LogP contribution in [0.3, 0.4) is 0 Å². The first-order chi connectivity index (χ1) is 14.4. The van der Waals surface area contributed by atoms with E-state index in [0.29, 0.717) is 24.0 Å². The summed E-state index contributed by atoms with van der Waals surface area (Å²) in [4.78, 5) is 19.1. The number of hydrogen-bond acceptors (Lipinski definition) is 5. The molecule has 1 N–H and O–H groups in total. The van der Waals surface area contributed by atoms with Crippen LogP contribution in [-0.4, -0.2) is 41.8 Å². The first kappa shape index (κ1) is 21.8. The van der Waals surface area contributed by atoms with E-state index in [1.807, 2.05) is 7.05 Å². The molecule has 1 amide bonds. The molecule has 0 unspecified atom stereocenters. The number of hydrogen-bond donors (Lipinski definition) is 1. The molecule has 0 saturated heterocycles. The van der Waals surface area contributed by atoms with Crippen LogP contribution < -0.4 is 5.32 Å². The van der Waals surface area contributed by atoms with Crippen LogP contribution in [0, 0.1) is 11.7 Å². The number of halogens is 1. The topological polar surface area (TPSA) is 70.0 Å². The summed E-state index contributed by atoms with van der Waals surface area (Å²) < 4.78 is 14.5. The second-order valence-electron chi connectivity index (χ2n) is 8.00. The van der Waals surface area contributed by atoms with Gasteiger partial charge in [0.1, 0.15) is 11.6 Å². The Morgan fingerprint density at radius 1 is 1.30 bits per heavy atom. The maximum absolute atomic E-state index is 14.5. The van der Waals surface area contributed by atoms with Crippen LogP contribution in [0.1, 0.15) is 53.9 Å². The molecule has 6 nitrogen and oxygen atoms in total. The molecule has 1 aromatic heterocycles. The lowest BCUT2D eigenvalue weighted by molar-refractivity contribution is 0.102. The number of anilines is 1. The van der Waals surface area contributed by atoms with Crippen molar-refractivity contribution in [3.63, 3.8) is 0 Å². The van der Waals surface area contributed by atoms with Gasteiger partial charge < -0.3 is 10.2 Å². The van der Waals surface area contributed by atoms with E-state index in [9.17, 15) is 9.18 Å². The number of rotatable bonds is 7. The van der Waals surface area contributed by atoms with Crippen LogP contribution in [0.5, 0.6) is 0 Å². The largest absolute Gasteiger partial charge is 0.306 e. The summed E-state index contributed by atoms with van der Waals surface area (Å²) in [5.41, 5.74) is 2.54. The second-order valence-corrected chi connectivity index (χ2v) is 8.00. The zero-order valence-electron chi connectivity index (χ0n) is 17.7. The third-order valence-electron chi connectivity index (χ3n) is 4.96. The standard InChI is InChI=1S/C23H28FN5O/c1-16(2)6-5-10-25-26-14-19-7-4-8-22(27-19)28-23(30)20-12-18-15-29(3)11-9-17(18)13-21(20)24/h4,7-8,10,12-14,16H,5-6,9,11,15H2,1-3H3,(H,27,28,30)/b25-10+,26-14+. The molecule has 0 fully saturated rings. The van der Waals surface area contributed by atoms with Crippen molar-refractivity contribution in [1.29, 1.82) is 0 Å². The molecule has 3 rings (SSSR count). The predicted octanol–water partition coefficient (Wildman–Crippen LogP) is 4.30. The van der Waals surface area contributed by atoms with Crippen LogP contribution in [-0.2, 0) is 13.0 Å². The van der Waals surface area contributed by atoms with Gasteiger partial charge in [-0.2, -0.15) is 10.2 Å². The molecule has 0 atom stereocenters. The molecule has 1 aliphatic rings. The first-order valence-electron chi connectivity index (χ1n) is 10.3. The van der Waals surface area contributed by atoms with E-state index in [1.54, 1.807) is 30.5 Å². The highest BCUT2D eigenvalue weighted by Gasteiger charge is 2.20. The highest BCUT2D eigenvalue weighted by molar-refractivity contribution is 6.04. The Kier molecular flexibility index (Phi) is 7.41. The molecule has 158 valence electrons. The zero-order valence-corrected chi connectivity index (χ0v) is 17.7. The summed E-state index contributed by atoms with van der Waals surface area (Å²) in [6, 6.07) is 8.30. The number of nitrogens with zero attached hydrogens (tertiary/aromatic N) is 4. The van der Waals surface area contributed by atoms with E-state index in [1.165, 1.54) is 12.3 Å². The minimum absolute atomic E-state index is 0.0275. The van der Waals surface area contributed by atoms with Gasteiger partial charge in [0, 0.05) is 19.3 Å². The summed E-state index contributed by atoms with van der Waals surface area (Å²) in [5.74, 6) is -0.0636. The van der Waals surface area contributed by atoms with E-state index in [-0.39, 0.29) is 5.56 Å². The lowest BCUT2D eigenvalue weighted by Gasteiger charge is -2.25. The normalized spacial score (nSPS) is 14.6. The Balaban J connectivity index is 1.66. The number of amides is 1. The first-order valence-corrected chi connectivity index (χ1v) is 10.3. The lowest BCUT2D eigenvalue weighted by Crippen LogP contribution is -2.27. The van der Waals surface area contributed by atoms with E-state index >= 15 is 0 Å². The highest BCUT2D eigenvalue weighted by atomic mass is 19.1. The van der Waals surface area contributed by atoms with Crippen molar-refractivity contribution >= 4 is 24.2 Å². The third-order valence-corrected chi connectivity index (χ3v) is 4.96. The van der Waals surface area contributed by atoms with Crippen molar-refractivity contribution in [3.8, 4) is 0 Å². The second kappa shape index (κ2) is 10.2. The molecule has 0 bridgehead atoms. The molecule has 0 spiro atoms. The van der Waals surface area contributed by atoms with Gasteiger partial charge in [-0.3, -0.25) is 4.79 Å². The zero-order chi connectivity index (χ0) is 21.5. The molecule has 0 saturated carbocycles. The van der Waals surface area contributed by atoms with Gasteiger partial charge >= 0.3 is 0 Å². The third kappa shape index (κ3) is 6.03. The number of fused-ring (bicyclic) bond motifs is 1. The smallest absolute Gasteiger partial charge is 0.259 e. The molecule has 2 heterocycles.